The molecule has 1 fully saturated rings. The molecule has 118 valence electrons. The fraction of sp³-hybridized carbons (Fsp3) is 0.529. The third-order valence-corrected chi connectivity index (χ3v) is 5.50. The molecule has 0 amide bonds. The van der Waals surface area contributed by atoms with E-state index >= 15 is 0 Å². The molecule has 4 nitrogen and oxygen atoms in total. The Balaban J connectivity index is 1.60. The normalized spacial score (nSPS) is 19.4. The number of carbonyl (C=O) groups is 1. The van der Waals surface area contributed by atoms with Gasteiger partial charge in [-0.25, -0.2) is 4.98 Å². The molecule has 0 aromatic carbocycles. The third kappa shape index (κ3) is 3.84. The lowest BCUT2D eigenvalue weighted by molar-refractivity contribution is 0.102. The number of piperidine rings is 1. The number of carbonyl (C=O) groups excluding carboxylic acids is 1. The van der Waals surface area contributed by atoms with Crippen molar-refractivity contribution in [3.05, 3.63) is 40.6 Å². The van der Waals surface area contributed by atoms with E-state index in [1.54, 1.807) is 18.3 Å². The van der Waals surface area contributed by atoms with E-state index in [0.29, 0.717) is 6.04 Å². The minimum Gasteiger partial charge on any atom is -0.337 e. The molecule has 0 saturated carbocycles. The summed E-state index contributed by atoms with van der Waals surface area (Å²) in [6, 6.07) is 2.70. The van der Waals surface area contributed by atoms with Gasteiger partial charge in [0.15, 0.2) is 5.78 Å². The predicted molar refractivity (Wildman–Crippen MR) is 89.2 cm³/mol. The van der Waals surface area contributed by atoms with Gasteiger partial charge < -0.3 is 4.57 Å². The van der Waals surface area contributed by atoms with Crippen LogP contribution in [0.4, 0.5) is 0 Å². The Labute approximate surface area is 135 Å². The van der Waals surface area contributed by atoms with Gasteiger partial charge in [0.2, 0.25) is 0 Å². The molecule has 22 heavy (non-hydrogen) atoms. The van der Waals surface area contributed by atoms with Gasteiger partial charge in [-0.05, 0) is 49.7 Å². The summed E-state index contributed by atoms with van der Waals surface area (Å²) in [4.78, 5) is 19.0. The minimum atomic E-state index is 0.173. The summed E-state index contributed by atoms with van der Waals surface area (Å²) in [7, 11) is 0. The molecule has 0 N–H and O–H groups in total. The number of imidazole rings is 1. The smallest absolute Gasteiger partial charge is 0.169 e. The minimum absolute atomic E-state index is 0.173. The number of thiophene rings is 1. The molecule has 0 radical (unpaired) electrons. The molecule has 3 heterocycles. The number of nitrogens with zero attached hydrogens (tertiary/aromatic N) is 3. The van der Waals surface area contributed by atoms with Crippen molar-refractivity contribution in [2.45, 2.75) is 51.7 Å². The largest absolute Gasteiger partial charge is 0.337 e. The highest BCUT2D eigenvalue weighted by atomic mass is 32.1. The van der Waals surface area contributed by atoms with Crippen molar-refractivity contribution >= 4 is 17.1 Å². The number of rotatable bonds is 6. The summed E-state index contributed by atoms with van der Waals surface area (Å²) >= 11 is 1.57. The van der Waals surface area contributed by atoms with Crippen LogP contribution in [0.15, 0.2) is 30.2 Å². The number of ketones is 1. The molecule has 1 atom stereocenters. The molecule has 1 aliphatic heterocycles. The fourth-order valence-electron chi connectivity index (χ4n) is 3.19. The Morgan fingerprint density at radius 1 is 1.45 bits per heavy atom. The third-order valence-electron chi connectivity index (χ3n) is 4.42. The van der Waals surface area contributed by atoms with Crippen LogP contribution in [0.25, 0.3) is 0 Å². The van der Waals surface area contributed by atoms with Crippen LogP contribution >= 0.6 is 11.3 Å². The molecular formula is C17H23N3OS. The van der Waals surface area contributed by atoms with Crippen molar-refractivity contribution in [3.8, 4) is 0 Å². The van der Waals surface area contributed by atoms with Gasteiger partial charge in [-0.1, -0.05) is 6.42 Å². The van der Waals surface area contributed by atoms with Crippen molar-refractivity contribution in [1.29, 1.82) is 0 Å². The molecule has 5 heteroatoms. The van der Waals surface area contributed by atoms with E-state index in [2.05, 4.69) is 25.9 Å². The van der Waals surface area contributed by atoms with Crippen molar-refractivity contribution in [3.63, 3.8) is 0 Å². The van der Waals surface area contributed by atoms with Crippen LogP contribution in [0.1, 0.15) is 47.8 Å². The van der Waals surface area contributed by atoms with Crippen LogP contribution in [-0.4, -0.2) is 32.8 Å². The maximum Gasteiger partial charge on any atom is 0.169 e. The lowest BCUT2D eigenvalue weighted by Gasteiger charge is -2.35. The summed E-state index contributed by atoms with van der Waals surface area (Å²) < 4.78 is 2.16. The van der Waals surface area contributed by atoms with E-state index in [1.807, 2.05) is 18.7 Å². The molecule has 1 aliphatic rings. The van der Waals surface area contributed by atoms with E-state index in [0.717, 1.165) is 18.0 Å². The van der Waals surface area contributed by atoms with Crippen molar-refractivity contribution < 1.29 is 4.79 Å². The Hall–Kier alpha value is -1.46. The van der Waals surface area contributed by atoms with Gasteiger partial charge in [0.1, 0.15) is 0 Å². The monoisotopic (exact) mass is 317 g/mol. The number of aryl methyl sites for hydroxylation is 1. The zero-order valence-electron chi connectivity index (χ0n) is 13.1. The standard InChI is InChI=1S/C17H23N3OS/c1-14(21)17-10-15(12-22-17)11-20-7-3-2-4-16(20)5-8-19-9-6-18-13-19/h6,9-10,12-13,16H,2-5,7-8,11H2,1H3. The molecular weight excluding hydrogens is 294 g/mol. The number of aromatic nitrogens is 2. The summed E-state index contributed by atoms with van der Waals surface area (Å²) in [5.41, 5.74) is 1.28. The molecule has 0 aliphatic carbocycles. The van der Waals surface area contributed by atoms with Gasteiger partial charge in [-0.15, -0.1) is 11.3 Å². The van der Waals surface area contributed by atoms with Crippen LogP contribution in [0, 0.1) is 0 Å². The highest BCUT2D eigenvalue weighted by Gasteiger charge is 2.22. The number of likely N-dealkylation sites (tertiary alicyclic amines) is 1. The van der Waals surface area contributed by atoms with E-state index in [1.165, 1.54) is 37.8 Å². The lowest BCUT2D eigenvalue weighted by Crippen LogP contribution is -2.39. The predicted octanol–water partition coefficient (Wildman–Crippen LogP) is 3.59. The maximum atomic E-state index is 11.4. The topological polar surface area (TPSA) is 38.1 Å². The second kappa shape index (κ2) is 7.20. The van der Waals surface area contributed by atoms with E-state index in [4.69, 9.17) is 0 Å². The van der Waals surface area contributed by atoms with Gasteiger partial charge in [0.25, 0.3) is 0 Å². The fourth-order valence-corrected chi connectivity index (χ4v) is 4.00. The van der Waals surface area contributed by atoms with Crippen molar-refractivity contribution in [2.75, 3.05) is 6.54 Å². The lowest BCUT2D eigenvalue weighted by atomic mass is 9.98. The van der Waals surface area contributed by atoms with E-state index < -0.39 is 0 Å². The highest BCUT2D eigenvalue weighted by molar-refractivity contribution is 7.12. The van der Waals surface area contributed by atoms with Gasteiger partial charge in [-0.2, -0.15) is 0 Å². The number of hydrogen-bond acceptors (Lipinski definition) is 4. The second-order valence-electron chi connectivity index (χ2n) is 6.08. The first-order valence-corrected chi connectivity index (χ1v) is 8.88. The van der Waals surface area contributed by atoms with Crippen LogP contribution < -0.4 is 0 Å². The van der Waals surface area contributed by atoms with Crippen LogP contribution in [0.3, 0.4) is 0 Å². The van der Waals surface area contributed by atoms with E-state index in [-0.39, 0.29) is 5.78 Å². The zero-order valence-corrected chi connectivity index (χ0v) is 13.9. The maximum absolute atomic E-state index is 11.4. The highest BCUT2D eigenvalue weighted by Crippen LogP contribution is 2.24. The van der Waals surface area contributed by atoms with Crippen LogP contribution in [0.5, 0.6) is 0 Å². The quantitative estimate of drug-likeness (QED) is 0.764. The first-order valence-electron chi connectivity index (χ1n) is 8.00. The molecule has 2 aromatic heterocycles. The first kappa shape index (κ1) is 15.4. The average molecular weight is 317 g/mol. The Morgan fingerprint density at radius 2 is 2.36 bits per heavy atom. The molecule has 1 saturated heterocycles. The molecule has 0 bridgehead atoms. The number of Topliss-reactive ketones (excluding diaryl/α,β-unsaturated/α-hetero) is 1. The molecule has 3 rings (SSSR count). The van der Waals surface area contributed by atoms with Crippen LogP contribution in [-0.2, 0) is 13.1 Å². The average Bonchev–Trinajstić information content (AvgIpc) is 3.17. The van der Waals surface area contributed by atoms with Gasteiger partial charge in [-0.3, -0.25) is 9.69 Å². The molecule has 0 spiro atoms. The van der Waals surface area contributed by atoms with Crippen molar-refractivity contribution in [1.82, 2.24) is 14.5 Å². The Morgan fingerprint density at radius 3 is 3.09 bits per heavy atom. The molecule has 1 unspecified atom stereocenters. The number of hydrogen-bond donors (Lipinski definition) is 0. The zero-order chi connectivity index (χ0) is 15.4. The van der Waals surface area contributed by atoms with E-state index in [9.17, 15) is 4.79 Å². The SMILES string of the molecule is CC(=O)c1cc(CN2CCCCC2CCn2ccnc2)cs1. The second-order valence-corrected chi connectivity index (χ2v) is 7.00. The van der Waals surface area contributed by atoms with Gasteiger partial charge in [0.05, 0.1) is 11.2 Å². The Kier molecular flexibility index (Phi) is 5.05. The summed E-state index contributed by atoms with van der Waals surface area (Å²) in [5.74, 6) is 0.173. The Bertz CT molecular complexity index is 605. The van der Waals surface area contributed by atoms with Gasteiger partial charge in [0, 0.05) is 31.5 Å². The van der Waals surface area contributed by atoms with Gasteiger partial charge >= 0.3 is 0 Å². The summed E-state index contributed by atoms with van der Waals surface area (Å²) in [5, 5.41) is 2.14. The summed E-state index contributed by atoms with van der Waals surface area (Å²) in [6.07, 6.45) is 10.8. The summed E-state index contributed by atoms with van der Waals surface area (Å²) in [6.45, 7) is 4.81. The molecule has 2 aromatic rings. The van der Waals surface area contributed by atoms with Crippen LogP contribution in [0.2, 0.25) is 0 Å². The first-order chi connectivity index (χ1) is 10.7. The van der Waals surface area contributed by atoms with Crippen molar-refractivity contribution in [2.24, 2.45) is 0 Å².